The van der Waals surface area contributed by atoms with E-state index in [0.717, 1.165) is 5.56 Å². The highest BCUT2D eigenvalue weighted by Gasteiger charge is 2.50. The van der Waals surface area contributed by atoms with E-state index in [1.165, 1.54) is 0 Å². The molecule has 0 unspecified atom stereocenters. The molecule has 2 N–H and O–H groups in total. The molecule has 12 heteroatoms. The fraction of sp³-hybridized carbons (Fsp3) is 0.733. The van der Waals surface area contributed by atoms with Crippen molar-refractivity contribution in [3.05, 3.63) is 18.0 Å². The Morgan fingerprint density at radius 2 is 2.00 bits per heavy atom. The molecule has 0 amide bonds. The molecule has 2 rings (SSSR count). The fourth-order valence-corrected chi connectivity index (χ4v) is 3.82. The summed E-state index contributed by atoms with van der Waals surface area (Å²) in [4.78, 5) is 4.11. The number of guanidine groups is 1. The van der Waals surface area contributed by atoms with Crippen molar-refractivity contribution in [2.45, 2.75) is 31.8 Å². The molecule has 8 nitrogen and oxygen atoms in total. The highest BCUT2D eigenvalue weighted by molar-refractivity contribution is 7.90. The summed E-state index contributed by atoms with van der Waals surface area (Å²) in [6.07, 6.45) is 4.44. The maximum atomic E-state index is 12.6. The van der Waals surface area contributed by atoms with Gasteiger partial charge in [0.2, 0.25) is 0 Å². The van der Waals surface area contributed by atoms with Gasteiger partial charge in [0.15, 0.2) is 5.96 Å². The monoisotopic (exact) mass is 410 g/mol. The number of halogens is 3. The van der Waals surface area contributed by atoms with Crippen molar-refractivity contribution in [2.24, 2.45) is 10.9 Å². The molecule has 1 fully saturated rings. The number of aryl methyl sites for hydroxylation is 1. The Kier molecular flexibility index (Phi) is 7.09. The standard InChI is InChI=1S/C15H25F3N6O2S/c1-12-9-22-23(11-12)8-5-20-14(19-2)21-10-13-3-6-24(7-4-13)27(25,26)15(16,17)18/h9,11,13H,3-8,10H2,1-2H3,(H2,19,20,21). The zero-order chi connectivity index (χ0) is 20.1. The van der Waals surface area contributed by atoms with Crippen LogP contribution in [-0.4, -0.2) is 67.2 Å². The second-order valence-corrected chi connectivity index (χ2v) is 8.38. The smallest absolute Gasteiger partial charge is 0.356 e. The number of aliphatic imine (C=N–C) groups is 1. The van der Waals surface area contributed by atoms with Crippen molar-refractivity contribution >= 4 is 16.0 Å². The lowest BCUT2D eigenvalue weighted by Crippen LogP contribution is -2.47. The molecule has 0 bridgehead atoms. The normalized spacial score (nSPS) is 17.9. The molecule has 154 valence electrons. The minimum atomic E-state index is -5.24. The highest BCUT2D eigenvalue weighted by Crippen LogP contribution is 2.30. The second-order valence-electron chi connectivity index (χ2n) is 6.45. The van der Waals surface area contributed by atoms with Gasteiger partial charge in [0, 0.05) is 39.4 Å². The van der Waals surface area contributed by atoms with Crippen molar-refractivity contribution in [1.82, 2.24) is 24.7 Å². The predicted octanol–water partition coefficient (Wildman–Crippen LogP) is 0.918. The van der Waals surface area contributed by atoms with Crippen molar-refractivity contribution < 1.29 is 21.6 Å². The number of aromatic nitrogens is 2. The van der Waals surface area contributed by atoms with Crippen molar-refractivity contribution in [3.8, 4) is 0 Å². The van der Waals surface area contributed by atoms with Gasteiger partial charge < -0.3 is 10.6 Å². The number of hydrogen-bond donors (Lipinski definition) is 2. The van der Waals surface area contributed by atoms with E-state index in [-0.39, 0.29) is 19.0 Å². The largest absolute Gasteiger partial charge is 0.511 e. The Bertz CT molecular complexity index is 739. The Labute approximate surface area is 156 Å². The van der Waals surface area contributed by atoms with Crippen LogP contribution in [0.15, 0.2) is 17.4 Å². The lowest BCUT2D eigenvalue weighted by atomic mass is 9.98. The molecule has 0 aromatic carbocycles. The van der Waals surface area contributed by atoms with Crippen LogP contribution < -0.4 is 10.6 Å². The molecule has 1 aromatic rings. The summed E-state index contributed by atoms with van der Waals surface area (Å²) < 4.78 is 62.9. The Balaban J connectivity index is 1.72. The van der Waals surface area contributed by atoms with Gasteiger partial charge in [0.25, 0.3) is 0 Å². The summed E-state index contributed by atoms with van der Waals surface area (Å²) in [6.45, 7) is 3.51. The SMILES string of the molecule is CN=C(NCCn1cc(C)cn1)NCC1CCN(S(=O)(=O)C(F)(F)F)CC1. The summed E-state index contributed by atoms with van der Waals surface area (Å²) in [5, 5.41) is 10.5. The predicted molar refractivity (Wildman–Crippen MR) is 95.6 cm³/mol. The maximum absolute atomic E-state index is 12.6. The molecule has 2 heterocycles. The van der Waals surface area contributed by atoms with Crippen LogP contribution in [0.25, 0.3) is 0 Å². The molecule has 1 aromatic heterocycles. The van der Waals surface area contributed by atoms with Crippen LogP contribution in [0.3, 0.4) is 0 Å². The Hall–Kier alpha value is -1.82. The maximum Gasteiger partial charge on any atom is 0.511 e. The Morgan fingerprint density at radius 3 is 2.52 bits per heavy atom. The third-order valence-electron chi connectivity index (χ3n) is 4.38. The van der Waals surface area contributed by atoms with Gasteiger partial charge in [-0.2, -0.15) is 22.6 Å². The number of nitrogens with zero attached hydrogens (tertiary/aromatic N) is 4. The lowest BCUT2D eigenvalue weighted by molar-refractivity contribution is -0.0496. The van der Waals surface area contributed by atoms with E-state index in [0.29, 0.717) is 42.7 Å². The van der Waals surface area contributed by atoms with E-state index >= 15 is 0 Å². The molecule has 0 aliphatic carbocycles. The average molecular weight is 410 g/mol. The first-order valence-corrected chi connectivity index (χ1v) is 10.1. The molecule has 1 saturated heterocycles. The molecule has 1 aliphatic rings. The minimum absolute atomic E-state index is 0.0806. The van der Waals surface area contributed by atoms with Gasteiger partial charge in [-0.15, -0.1) is 0 Å². The molecule has 27 heavy (non-hydrogen) atoms. The number of rotatable bonds is 6. The first-order chi connectivity index (χ1) is 12.6. The van der Waals surface area contributed by atoms with Gasteiger partial charge in [0.05, 0.1) is 12.7 Å². The summed E-state index contributed by atoms with van der Waals surface area (Å²) in [6, 6.07) is 0. The number of piperidine rings is 1. The van der Waals surface area contributed by atoms with Gasteiger partial charge in [-0.25, -0.2) is 8.42 Å². The topological polar surface area (TPSA) is 91.6 Å². The number of nitrogens with one attached hydrogen (secondary N) is 2. The molecular formula is C15H25F3N6O2S. The van der Waals surface area contributed by atoms with Crippen molar-refractivity contribution in [1.29, 1.82) is 0 Å². The van der Waals surface area contributed by atoms with Crippen LogP contribution in [0.5, 0.6) is 0 Å². The summed E-state index contributed by atoms with van der Waals surface area (Å²) in [5.41, 5.74) is -4.16. The van der Waals surface area contributed by atoms with Crippen LogP contribution in [0.2, 0.25) is 0 Å². The van der Waals surface area contributed by atoms with Gasteiger partial charge in [-0.05, 0) is 31.2 Å². The van der Waals surface area contributed by atoms with E-state index < -0.39 is 15.5 Å². The fourth-order valence-electron chi connectivity index (χ4n) is 2.84. The number of sulfonamides is 1. The van der Waals surface area contributed by atoms with E-state index in [1.54, 1.807) is 13.2 Å². The van der Waals surface area contributed by atoms with E-state index in [1.807, 2.05) is 17.8 Å². The van der Waals surface area contributed by atoms with Crippen molar-refractivity contribution in [2.75, 3.05) is 33.2 Å². The molecule has 0 saturated carbocycles. The van der Waals surface area contributed by atoms with E-state index in [9.17, 15) is 21.6 Å². The molecule has 1 aliphatic heterocycles. The minimum Gasteiger partial charge on any atom is -0.356 e. The number of hydrogen-bond acceptors (Lipinski definition) is 4. The quantitative estimate of drug-likeness (QED) is 0.538. The molecule has 0 radical (unpaired) electrons. The van der Waals surface area contributed by atoms with E-state index in [2.05, 4.69) is 20.7 Å². The zero-order valence-corrected chi connectivity index (χ0v) is 16.1. The third kappa shape index (κ3) is 5.83. The van der Waals surface area contributed by atoms with Crippen LogP contribution >= 0.6 is 0 Å². The lowest BCUT2D eigenvalue weighted by Gasteiger charge is -2.31. The molecule has 0 atom stereocenters. The van der Waals surface area contributed by atoms with Gasteiger partial charge in [0.1, 0.15) is 0 Å². The Morgan fingerprint density at radius 1 is 1.33 bits per heavy atom. The molecular weight excluding hydrogens is 385 g/mol. The zero-order valence-electron chi connectivity index (χ0n) is 15.3. The highest BCUT2D eigenvalue weighted by atomic mass is 32.2. The second kappa shape index (κ2) is 8.91. The average Bonchev–Trinajstić information content (AvgIpc) is 3.02. The third-order valence-corrected chi connectivity index (χ3v) is 6.01. The van der Waals surface area contributed by atoms with Gasteiger partial charge in [-0.1, -0.05) is 0 Å². The van der Waals surface area contributed by atoms with Gasteiger partial charge in [-0.3, -0.25) is 9.67 Å². The van der Waals surface area contributed by atoms with Gasteiger partial charge >= 0.3 is 15.5 Å². The molecule has 0 spiro atoms. The number of alkyl halides is 3. The van der Waals surface area contributed by atoms with Crippen LogP contribution in [-0.2, 0) is 16.6 Å². The first kappa shape index (κ1) is 21.5. The van der Waals surface area contributed by atoms with Crippen molar-refractivity contribution in [3.63, 3.8) is 0 Å². The first-order valence-electron chi connectivity index (χ1n) is 8.63. The van der Waals surface area contributed by atoms with Crippen LogP contribution in [0.4, 0.5) is 13.2 Å². The van der Waals surface area contributed by atoms with Crippen LogP contribution in [0.1, 0.15) is 18.4 Å². The summed E-state index contributed by atoms with van der Waals surface area (Å²) in [5.74, 6) is 0.668. The van der Waals surface area contributed by atoms with E-state index in [4.69, 9.17) is 0 Å². The summed E-state index contributed by atoms with van der Waals surface area (Å²) >= 11 is 0. The summed E-state index contributed by atoms with van der Waals surface area (Å²) in [7, 11) is -3.60. The van der Waals surface area contributed by atoms with Crippen LogP contribution in [0, 0.1) is 12.8 Å².